The first-order chi connectivity index (χ1) is 9.28. The van der Waals surface area contributed by atoms with Gasteiger partial charge in [0.1, 0.15) is 5.60 Å². The van der Waals surface area contributed by atoms with Gasteiger partial charge in [0.2, 0.25) is 5.91 Å². The summed E-state index contributed by atoms with van der Waals surface area (Å²) in [5.74, 6) is 0.368. The zero-order chi connectivity index (χ0) is 14.9. The molecule has 2 heterocycles. The predicted octanol–water partition coefficient (Wildman–Crippen LogP) is 2.25. The summed E-state index contributed by atoms with van der Waals surface area (Å²) in [6.45, 7) is 9.76. The summed E-state index contributed by atoms with van der Waals surface area (Å²) in [4.78, 5) is 27.9. The average Bonchev–Trinajstić information content (AvgIpc) is 2.68. The number of rotatable bonds is 1. The number of carbonyl (C=O) groups is 2. The van der Waals surface area contributed by atoms with Crippen LogP contribution in [0.3, 0.4) is 0 Å². The van der Waals surface area contributed by atoms with Crippen LogP contribution in [-0.4, -0.2) is 53.1 Å². The number of ether oxygens (including phenoxy) is 1. The van der Waals surface area contributed by atoms with Crippen LogP contribution in [0.4, 0.5) is 4.79 Å². The summed E-state index contributed by atoms with van der Waals surface area (Å²) in [5.41, 5.74) is -0.470. The highest BCUT2D eigenvalue weighted by molar-refractivity contribution is 5.81. The molecule has 0 N–H and O–H groups in total. The van der Waals surface area contributed by atoms with Crippen molar-refractivity contribution in [1.29, 1.82) is 0 Å². The Labute approximate surface area is 121 Å². The third-order valence-corrected chi connectivity index (χ3v) is 4.00. The molecule has 0 aliphatic carbocycles. The van der Waals surface area contributed by atoms with Crippen molar-refractivity contribution in [1.82, 2.24) is 9.80 Å². The summed E-state index contributed by atoms with van der Waals surface area (Å²) in [5, 5.41) is 0. The van der Waals surface area contributed by atoms with Crippen LogP contribution in [0.5, 0.6) is 0 Å². The first-order valence-corrected chi connectivity index (χ1v) is 7.56. The lowest BCUT2D eigenvalue weighted by Crippen LogP contribution is -2.51. The number of hydrogen-bond donors (Lipinski definition) is 0. The largest absolute Gasteiger partial charge is 0.444 e. The van der Waals surface area contributed by atoms with Crippen LogP contribution in [0.25, 0.3) is 0 Å². The Balaban J connectivity index is 1.95. The van der Waals surface area contributed by atoms with E-state index in [0.717, 1.165) is 32.4 Å². The summed E-state index contributed by atoms with van der Waals surface area (Å²) in [6.07, 6.45) is 2.59. The van der Waals surface area contributed by atoms with Gasteiger partial charge in [0.25, 0.3) is 0 Å². The van der Waals surface area contributed by atoms with E-state index in [0.29, 0.717) is 6.54 Å². The Morgan fingerprint density at radius 3 is 2.50 bits per heavy atom. The number of nitrogens with zero attached hydrogens (tertiary/aromatic N) is 2. The molecule has 0 aromatic heterocycles. The van der Waals surface area contributed by atoms with Crippen molar-refractivity contribution < 1.29 is 14.3 Å². The highest BCUT2D eigenvalue weighted by Crippen LogP contribution is 2.25. The maximum atomic E-state index is 12.1. The standard InChI is InChI=1S/C15H26N2O3/c1-11-7-9-17(13(11)18)12-6-5-8-16(10-12)14(19)20-15(2,3)4/h11-12H,5-10H2,1-4H3/t11-,12-/m0/s1. The lowest BCUT2D eigenvalue weighted by molar-refractivity contribution is -0.133. The fourth-order valence-electron chi connectivity index (χ4n) is 2.91. The van der Waals surface area contributed by atoms with Crippen LogP contribution in [-0.2, 0) is 9.53 Å². The number of hydrogen-bond acceptors (Lipinski definition) is 3. The van der Waals surface area contributed by atoms with E-state index >= 15 is 0 Å². The molecule has 0 spiro atoms. The summed E-state index contributed by atoms with van der Waals surface area (Å²) in [7, 11) is 0. The third-order valence-electron chi connectivity index (χ3n) is 4.00. The first-order valence-electron chi connectivity index (χ1n) is 7.56. The maximum absolute atomic E-state index is 12.1. The molecule has 2 aliphatic rings. The molecule has 5 nitrogen and oxygen atoms in total. The fraction of sp³-hybridized carbons (Fsp3) is 0.867. The monoisotopic (exact) mass is 282 g/mol. The molecule has 114 valence electrons. The van der Waals surface area contributed by atoms with Crippen molar-refractivity contribution >= 4 is 12.0 Å². The predicted molar refractivity (Wildman–Crippen MR) is 76.3 cm³/mol. The molecular formula is C15H26N2O3. The highest BCUT2D eigenvalue weighted by atomic mass is 16.6. The van der Waals surface area contributed by atoms with Gasteiger partial charge in [-0.2, -0.15) is 0 Å². The van der Waals surface area contributed by atoms with E-state index < -0.39 is 5.60 Å². The molecule has 0 aromatic carbocycles. The molecule has 0 bridgehead atoms. The van der Waals surface area contributed by atoms with Crippen molar-refractivity contribution in [3.8, 4) is 0 Å². The van der Waals surface area contributed by atoms with E-state index in [-0.39, 0.29) is 24.0 Å². The molecule has 2 atom stereocenters. The number of carbonyl (C=O) groups excluding carboxylic acids is 2. The number of piperidine rings is 1. The molecule has 0 aromatic rings. The lowest BCUT2D eigenvalue weighted by atomic mass is 10.0. The van der Waals surface area contributed by atoms with Gasteiger partial charge in [0.05, 0.1) is 0 Å². The van der Waals surface area contributed by atoms with Gasteiger partial charge in [-0.1, -0.05) is 6.92 Å². The van der Waals surface area contributed by atoms with Crippen LogP contribution in [0, 0.1) is 5.92 Å². The SMILES string of the molecule is C[C@H]1CCN([C@H]2CCCN(C(=O)OC(C)(C)C)C2)C1=O. The molecule has 2 amide bonds. The summed E-state index contributed by atoms with van der Waals surface area (Å²) in [6, 6.07) is 0.161. The maximum Gasteiger partial charge on any atom is 0.410 e. The molecule has 2 aliphatic heterocycles. The van der Waals surface area contributed by atoms with E-state index in [1.165, 1.54) is 0 Å². The molecule has 2 rings (SSSR count). The van der Waals surface area contributed by atoms with Crippen molar-refractivity contribution in [2.45, 2.75) is 58.6 Å². The van der Waals surface area contributed by atoms with Crippen LogP contribution in [0.15, 0.2) is 0 Å². The van der Waals surface area contributed by atoms with Crippen LogP contribution in [0.1, 0.15) is 47.0 Å². The smallest absolute Gasteiger partial charge is 0.410 e. The van der Waals surface area contributed by atoms with E-state index in [9.17, 15) is 9.59 Å². The average molecular weight is 282 g/mol. The van der Waals surface area contributed by atoms with Crippen LogP contribution >= 0.6 is 0 Å². The van der Waals surface area contributed by atoms with Crippen molar-refractivity contribution in [2.75, 3.05) is 19.6 Å². The van der Waals surface area contributed by atoms with Crippen molar-refractivity contribution in [2.24, 2.45) is 5.92 Å². The van der Waals surface area contributed by atoms with E-state index in [1.54, 1.807) is 4.90 Å². The van der Waals surface area contributed by atoms with E-state index in [2.05, 4.69) is 0 Å². The van der Waals surface area contributed by atoms with Gasteiger partial charge in [-0.25, -0.2) is 4.79 Å². The first kappa shape index (κ1) is 15.1. The fourth-order valence-corrected chi connectivity index (χ4v) is 2.91. The third kappa shape index (κ3) is 3.44. The van der Waals surface area contributed by atoms with Gasteiger partial charge in [0.15, 0.2) is 0 Å². The topological polar surface area (TPSA) is 49.9 Å². The Hall–Kier alpha value is -1.26. The van der Waals surface area contributed by atoms with Gasteiger partial charge >= 0.3 is 6.09 Å². The molecule has 2 saturated heterocycles. The molecule has 0 saturated carbocycles. The molecule has 20 heavy (non-hydrogen) atoms. The van der Waals surface area contributed by atoms with Gasteiger partial charge in [-0.3, -0.25) is 4.79 Å². The Morgan fingerprint density at radius 1 is 1.25 bits per heavy atom. The second-order valence-electron chi connectivity index (χ2n) is 6.94. The quantitative estimate of drug-likeness (QED) is 0.741. The van der Waals surface area contributed by atoms with Crippen molar-refractivity contribution in [3.63, 3.8) is 0 Å². The minimum Gasteiger partial charge on any atom is -0.444 e. The minimum absolute atomic E-state index is 0.131. The molecule has 5 heteroatoms. The van der Waals surface area contributed by atoms with E-state index in [4.69, 9.17) is 4.74 Å². The second kappa shape index (κ2) is 5.62. The van der Waals surface area contributed by atoms with E-state index in [1.807, 2.05) is 32.6 Å². The highest BCUT2D eigenvalue weighted by Gasteiger charge is 2.37. The summed E-state index contributed by atoms with van der Waals surface area (Å²) >= 11 is 0. The molecule has 0 unspecified atom stereocenters. The van der Waals surface area contributed by atoms with Gasteiger partial charge in [-0.05, 0) is 40.0 Å². The Kier molecular flexibility index (Phi) is 4.25. The van der Waals surface area contributed by atoms with Crippen LogP contribution < -0.4 is 0 Å². The molecule has 0 radical (unpaired) electrons. The number of likely N-dealkylation sites (tertiary alicyclic amines) is 2. The second-order valence-corrected chi connectivity index (χ2v) is 6.94. The molecular weight excluding hydrogens is 256 g/mol. The zero-order valence-corrected chi connectivity index (χ0v) is 13.0. The van der Waals surface area contributed by atoms with Crippen molar-refractivity contribution in [3.05, 3.63) is 0 Å². The van der Waals surface area contributed by atoms with Gasteiger partial charge in [0, 0.05) is 31.6 Å². The lowest BCUT2D eigenvalue weighted by Gasteiger charge is -2.38. The zero-order valence-electron chi connectivity index (χ0n) is 13.0. The number of amides is 2. The Morgan fingerprint density at radius 2 is 1.95 bits per heavy atom. The van der Waals surface area contributed by atoms with Gasteiger partial charge < -0.3 is 14.5 Å². The Bertz CT molecular complexity index is 389. The minimum atomic E-state index is -0.470. The molecule has 2 fully saturated rings. The van der Waals surface area contributed by atoms with Crippen LogP contribution in [0.2, 0.25) is 0 Å². The summed E-state index contributed by atoms with van der Waals surface area (Å²) < 4.78 is 5.42. The normalized spacial score (nSPS) is 27.9. The van der Waals surface area contributed by atoms with Gasteiger partial charge in [-0.15, -0.1) is 0 Å².